The monoisotopic (exact) mass is 231 g/mol. The lowest BCUT2D eigenvalue weighted by molar-refractivity contribution is 0.289. The second-order valence-corrected chi connectivity index (χ2v) is 4.94. The number of pyridine rings is 1. The normalized spacial score (nSPS) is 12.8. The Balaban J connectivity index is 2.34. The summed E-state index contributed by atoms with van der Waals surface area (Å²) in [4.78, 5) is 4.01. The summed E-state index contributed by atoms with van der Waals surface area (Å²) in [6.45, 7) is 2.37. The van der Waals surface area contributed by atoms with Crippen molar-refractivity contribution in [1.82, 2.24) is 4.98 Å². The molecule has 78 valence electrons. The molecule has 1 heterocycles. The molecule has 1 rings (SSSR count). The highest BCUT2D eigenvalue weighted by molar-refractivity contribution is 7.99. The lowest BCUT2D eigenvalue weighted by Gasteiger charge is -2.08. The van der Waals surface area contributed by atoms with Crippen molar-refractivity contribution in [2.75, 3.05) is 6.61 Å². The Hall–Kier alpha value is -0.250. The van der Waals surface area contributed by atoms with E-state index in [-0.39, 0.29) is 6.61 Å². The molecular weight excluding hydrogens is 218 g/mol. The maximum absolute atomic E-state index is 8.73. The van der Waals surface area contributed by atoms with Gasteiger partial charge in [-0.15, -0.1) is 0 Å². The van der Waals surface area contributed by atoms with Crippen molar-refractivity contribution in [3.05, 3.63) is 29.0 Å². The third kappa shape index (κ3) is 4.31. The average Bonchev–Trinajstić information content (AvgIpc) is 2.17. The number of aliphatic hydroxyl groups is 1. The summed E-state index contributed by atoms with van der Waals surface area (Å²) < 4.78 is 0. The van der Waals surface area contributed by atoms with E-state index in [0.717, 1.165) is 12.2 Å². The van der Waals surface area contributed by atoms with Gasteiger partial charge in [0.1, 0.15) is 5.15 Å². The van der Waals surface area contributed by atoms with E-state index in [1.165, 1.54) is 5.56 Å². The third-order valence-corrected chi connectivity index (χ3v) is 3.39. The summed E-state index contributed by atoms with van der Waals surface area (Å²) in [5, 5.41) is 9.74. The highest BCUT2D eigenvalue weighted by atomic mass is 35.5. The summed E-state index contributed by atoms with van der Waals surface area (Å²) >= 11 is 7.49. The Bertz CT molecular complexity index is 265. The van der Waals surface area contributed by atoms with Gasteiger partial charge in [0.25, 0.3) is 0 Å². The van der Waals surface area contributed by atoms with Gasteiger partial charge < -0.3 is 5.11 Å². The van der Waals surface area contributed by atoms with Crippen molar-refractivity contribution in [2.24, 2.45) is 0 Å². The number of hydrogen-bond acceptors (Lipinski definition) is 3. The smallest absolute Gasteiger partial charge is 0.129 e. The quantitative estimate of drug-likeness (QED) is 0.792. The zero-order valence-electron chi connectivity index (χ0n) is 8.11. The minimum Gasteiger partial charge on any atom is -0.396 e. The molecule has 1 unspecified atom stereocenters. The minimum absolute atomic E-state index is 0.257. The van der Waals surface area contributed by atoms with E-state index in [0.29, 0.717) is 10.4 Å². The largest absolute Gasteiger partial charge is 0.396 e. The van der Waals surface area contributed by atoms with Gasteiger partial charge in [0.05, 0.1) is 0 Å². The van der Waals surface area contributed by atoms with E-state index in [2.05, 4.69) is 11.9 Å². The van der Waals surface area contributed by atoms with Crippen LogP contribution in [0.25, 0.3) is 0 Å². The molecule has 0 aliphatic rings. The number of nitrogens with zero attached hydrogens (tertiary/aromatic N) is 1. The van der Waals surface area contributed by atoms with E-state index in [1.807, 2.05) is 17.8 Å². The van der Waals surface area contributed by atoms with Crippen LogP contribution in [-0.4, -0.2) is 21.9 Å². The first kappa shape index (κ1) is 11.8. The van der Waals surface area contributed by atoms with Crippen molar-refractivity contribution >= 4 is 23.4 Å². The van der Waals surface area contributed by atoms with Crippen LogP contribution in [0.4, 0.5) is 0 Å². The average molecular weight is 232 g/mol. The first-order valence-electron chi connectivity index (χ1n) is 4.55. The Morgan fingerprint density at radius 3 is 2.93 bits per heavy atom. The SMILES string of the molecule is CC(CCO)SCc1ccc(Cl)nc1. The topological polar surface area (TPSA) is 33.1 Å². The van der Waals surface area contributed by atoms with Crippen molar-refractivity contribution < 1.29 is 5.11 Å². The fourth-order valence-corrected chi connectivity index (χ4v) is 2.03. The maximum Gasteiger partial charge on any atom is 0.129 e. The van der Waals surface area contributed by atoms with E-state index in [1.54, 1.807) is 12.3 Å². The zero-order valence-corrected chi connectivity index (χ0v) is 9.68. The molecule has 2 nitrogen and oxygen atoms in total. The first-order valence-corrected chi connectivity index (χ1v) is 5.98. The van der Waals surface area contributed by atoms with Crippen LogP contribution < -0.4 is 0 Å². The second-order valence-electron chi connectivity index (χ2n) is 3.12. The zero-order chi connectivity index (χ0) is 10.4. The summed E-state index contributed by atoms with van der Waals surface area (Å²) in [5.41, 5.74) is 1.17. The molecule has 4 heteroatoms. The molecule has 14 heavy (non-hydrogen) atoms. The summed E-state index contributed by atoms with van der Waals surface area (Å²) in [5.74, 6) is 0.922. The molecule has 1 N–H and O–H groups in total. The molecule has 0 aliphatic heterocycles. The standard InChI is InChI=1S/C10H14ClNOS/c1-8(4-5-13)14-7-9-2-3-10(11)12-6-9/h2-3,6,8,13H,4-5,7H2,1H3. The van der Waals surface area contributed by atoms with Crippen LogP contribution in [0.1, 0.15) is 18.9 Å². The molecule has 0 aliphatic carbocycles. The Labute approximate surface area is 93.7 Å². The number of hydrogen-bond donors (Lipinski definition) is 1. The molecule has 1 atom stereocenters. The van der Waals surface area contributed by atoms with Gasteiger partial charge in [-0.05, 0) is 18.1 Å². The van der Waals surface area contributed by atoms with Crippen LogP contribution in [0.15, 0.2) is 18.3 Å². The van der Waals surface area contributed by atoms with Gasteiger partial charge in [-0.2, -0.15) is 11.8 Å². The molecule has 0 saturated heterocycles. The molecule has 0 radical (unpaired) electrons. The highest BCUT2D eigenvalue weighted by Crippen LogP contribution is 2.19. The lowest BCUT2D eigenvalue weighted by atomic mass is 10.3. The minimum atomic E-state index is 0.257. The molecule has 1 aromatic heterocycles. The molecule has 0 bridgehead atoms. The predicted octanol–water partition coefficient (Wildman–Crippen LogP) is 2.74. The van der Waals surface area contributed by atoms with E-state index >= 15 is 0 Å². The van der Waals surface area contributed by atoms with Crippen LogP contribution in [0.2, 0.25) is 5.15 Å². The van der Waals surface area contributed by atoms with Crippen LogP contribution >= 0.6 is 23.4 Å². The molecule has 1 aromatic rings. The van der Waals surface area contributed by atoms with E-state index in [9.17, 15) is 0 Å². The lowest BCUT2D eigenvalue weighted by Crippen LogP contribution is -1.99. The van der Waals surface area contributed by atoms with Gasteiger partial charge >= 0.3 is 0 Å². The van der Waals surface area contributed by atoms with Crippen molar-refractivity contribution in [3.63, 3.8) is 0 Å². The first-order chi connectivity index (χ1) is 6.72. The predicted molar refractivity (Wildman–Crippen MR) is 61.7 cm³/mol. The molecule has 0 fully saturated rings. The molecule has 0 saturated carbocycles. The Kier molecular flexibility index (Phi) is 5.30. The van der Waals surface area contributed by atoms with Crippen molar-refractivity contribution in [2.45, 2.75) is 24.3 Å². The maximum atomic E-state index is 8.73. The molecule has 0 spiro atoms. The number of rotatable bonds is 5. The van der Waals surface area contributed by atoms with Crippen molar-refractivity contribution in [1.29, 1.82) is 0 Å². The van der Waals surface area contributed by atoms with Gasteiger partial charge in [-0.1, -0.05) is 24.6 Å². The molecule has 0 amide bonds. The Morgan fingerprint density at radius 1 is 1.57 bits per heavy atom. The molecular formula is C10H14ClNOS. The fraction of sp³-hybridized carbons (Fsp3) is 0.500. The summed E-state index contributed by atoms with van der Waals surface area (Å²) in [7, 11) is 0. The van der Waals surface area contributed by atoms with Crippen LogP contribution in [-0.2, 0) is 5.75 Å². The van der Waals surface area contributed by atoms with E-state index in [4.69, 9.17) is 16.7 Å². The highest BCUT2D eigenvalue weighted by Gasteiger charge is 2.02. The fourth-order valence-electron chi connectivity index (χ4n) is 0.995. The number of halogens is 1. The van der Waals surface area contributed by atoms with Gasteiger partial charge in [0.2, 0.25) is 0 Å². The van der Waals surface area contributed by atoms with Gasteiger partial charge in [-0.3, -0.25) is 0 Å². The van der Waals surface area contributed by atoms with Crippen molar-refractivity contribution in [3.8, 4) is 0 Å². The van der Waals surface area contributed by atoms with Gasteiger partial charge in [0.15, 0.2) is 0 Å². The summed E-state index contributed by atoms with van der Waals surface area (Å²) in [6.07, 6.45) is 2.63. The number of aliphatic hydroxyl groups excluding tert-OH is 1. The molecule has 0 aromatic carbocycles. The third-order valence-electron chi connectivity index (χ3n) is 1.86. The Morgan fingerprint density at radius 2 is 2.36 bits per heavy atom. The van der Waals surface area contributed by atoms with Gasteiger partial charge in [0, 0.05) is 23.8 Å². The number of aromatic nitrogens is 1. The van der Waals surface area contributed by atoms with Crippen LogP contribution in [0.3, 0.4) is 0 Å². The van der Waals surface area contributed by atoms with Crippen LogP contribution in [0.5, 0.6) is 0 Å². The second kappa shape index (κ2) is 6.27. The van der Waals surface area contributed by atoms with Crippen LogP contribution in [0, 0.1) is 0 Å². The van der Waals surface area contributed by atoms with Gasteiger partial charge in [-0.25, -0.2) is 4.98 Å². The number of thioether (sulfide) groups is 1. The van der Waals surface area contributed by atoms with E-state index < -0.39 is 0 Å². The summed E-state index contributed by atoms with van der Waals surface area (Å²) in [6, 6.07) is 3.78.